The minimum absolute atomic E-state index is 0.0863. The fourth-order valence-corrected chi connectivity index (χ4v) is 6.68. The van der Waals surface area contributed by atoms with Crippen LogP contribution in [0.5, 0.6) is 0 Å². The highest BCUT2D eigenvalue weighted by Gasteiger charge is 2.51. The Bertz CT molecular complexity index is 787. The number of esters is 1. The molecule has 8 atom stereocenters. The van der Waals surface area contributed by atoms with E-state index >= 15 is 0 Å². The molecule has 0 spiro atoms. The van der Waals surface area contributed by atoms with E-state index in [1.54, 1.807) is 0 Å². The number of unbranched alkanes of at least 4 members (excludes halogenated alkanes) is 19. The molecule has 6 unspecified atom stereocenters. The molecule has 1 fully saturated rings. The molecule has 6 N–H and O–H groups in total. The van der Waals surface area contributed by atoms with Gasteiger partial charge in [-0.05, 0) is 6.42 Å². The van der Waals surface area contributed by atoms with Gasteiger partial charge in [0, 0.05) is 13.5 Å². The van der Waals surface area contributed by atoms with E-state index < -0.39 is 63.1 Å². The molecule has 0 radical (unpaired) electrons. The third-order valence-electron chi connectivity index (χ3n) is 8.53. The number of rotatable bonds is 29. The first-order chi connectivity index (χ1) is 22.0. The number of aliphatic hydroxyl groups is 5. The Hall–Kier alpha value is -0.660. The number of carbonyl (C=O) groups excluding carboxylic acids is 1. The van der Waals surface area contributed by atoms with Crippen molar-refractivity contribution in [1.29, 1.82) is 0 Å². The van der Waals surface area contributed by atoms with E-state index in [-0.39, 0.29) is 6.61 Å². The lowest BCUT2D eigenvalue weighted by Crippen LogP contribution is -2.64. The number of carbonyl (C=O) groups is 1. The number of aliphatic hydroxyl groups excluding tert-OH is 5. The van der Waals surface area contributed by atoms with Crippen LogP contribution >= 0.6 is 7.82 Å². The summed E-state index contributed by atoms with van der Waals surface area (Å²) in [6.07, 6.45) is 13.3. The van der Waals surface area contributed by atoms with Gasteiger partial charge in [0.05, 0.1) is 13.2 Å². The lowest BCUT2D eigenvalue weighted by molar-refractivity contribution is -0.220. The summed E-state index contributed by atoms with van der Waals surface area (Å²) in [5.74, 6) is -0.650. The molecule has 1 aliphatic carbocycles. The molecule has 0 aliphatic heterocycles. The summed E-state index contributed by atoms with van der Waals surface area (Å²) in [6, 6.07) is 0. The summed E-state index contributed by atoms with van der Waals surface area (Å²) in [7, 11) is -4.96. The fraction of sp³-hybridized carbons (Fsp3) is 0.970. The minimum Gasteiger partial charge on any atom is -0.458 e. The molecule has 0 aromatic carbocycles. The highest BCUT2D eigenvalue weighted by molar-refractivity contribution is 7.47. The smallest absolute Gasteiger partial charge is 0.458 e. The quantitative estimate of drug-likeness (QED) is 0.0348. The predicted octanol–water partition coefficient (Wildman–Crippen LogP) is 5.08. The van der Waals surface area contributed by atoms with Crippen LogP contribution in [0.25, 0.3) is 0 Å². The zero-order chi connectivity index (χ0) is 34.2. The molecule has 0 aromatic rings. The second-order valence-electron chi connectivity index (χ2n) is 12.8. The molecule has 1 rings (SSSR count). The van der Waals surface area contributed by atoms with Gasteiger partial charge in [-0.1, -0.05) is 129 Å². The summed E-state index contributed by atoms with van der Waals surface area (Å²) in [5, 5.41) is 49.2. The predicted molar refractivity (Wildman–Crippen MR) is 175 cm³/mol. The van der Waals surface area contributed by atoms with Gasteiger partial charge in [0.1, 0.15) is 42.7 Å². The van der Waals surface area contributed by atoms with Crippen LogP contribution < -0.4 is 0 Å². The number of phosphoric ester groups is 1. The Morgan fingerprint density at radius 2 is 0.978 bits per heavy atom. The molecule has 13 heteroatoms. The number of hydrogen-bond donors (Lipinski definition) is 6. The third-order valence-corrected chi connectivity index (χ3v) is 9.52. The maximum Gasteiger partial charge on any atom is 0.472 e. The first-order valence-electron chi connectivity index (χ1n) is 17.8. The van der Waals surface area contributed by atoms with Crippen molar-refractivity contribution in [2.24, 2.45) is 0 Å². The van der Waals surface area contributed by atoms with Crippen LogP contribution in [0, 0.1) is 0 Å². The molecule has 0 aromatic heterocycles. The second-order valence-corrected chi connectivity index (χ2v) is 14.2. The summed E-state index contributed by atoms with van der Waals surface area (Å²) in [4.78, 5) is 21.5. The Morgan fingerprint density at radius 3 is 1.37 bits per heavy atom. The van der Waals surface area contributed by atoms with Crippen LogP contribution in [0.3, 0.4) is 0 Å². The van der Waals surface area contributed by atoms with Crippen molar-refractivity contribution >= 4 is 13.8 Å². The molecule has 12 nitrogen and oxygen atoms in total. The maximum atomic E-state index is 12.4. The maximum absolute atomic E-state index is 12.4. The Morgan fingerprint density at radius 1 is 0.609 bits per heavy atom. The normalized spacial score (nSPS) is 25.3. The molecule has 274 valence electrons. The largest absolute Gasteiger partial charge is 0.472 e. The lowest BCUT2D eigenvalue weighted by Gasteiger charge is -2.41. The second kappa shape index (κ2) is 26.2. The highest BCUT2D eigenvalue weighted by Crippen LogP contribution is 2.47. The van der Waals surface area contributed by atoms with Crippen LogP contribution in [0.15, 0.2) is 0 Å². The third kappa shape index (κ3) is 20.0. The standard InChI is InChI=1S/C33H65O12P/c1-3-4-5-6-7-8-9-10-11-12-13-14-15-16-17-18-19-20-21-22-23-42-24-27(44-26(2)34)25-43-46(40,41)45-33-31(38)29(36)28(35)30(37)32(33)39/h27-33,35-39H,3-25H2,1-2H3,(H,40,41)/t27-,28?,29-,30?,31?,32?,33?/m1/s1. The molecule has 0 bridgehead atoms. The number of hydrogen-bond acceptors (Lipinski definition) is 11. The molecule has 0 heterocycles. The van der Waals surface area contributed by atoms with Gasteiger partial charge >= 0.3 is 13.8 Å². The van der Waals surface area contributed by atoms with Gasteiger partial charge in [0.2, 0.25) is 0 Å². The molecular formula is C33H65O12P. The van der Waals surface area contributed by atoms with Crippen molar-refractivity contribution in [3.8, 4) is 0 Å². The molecule has 1 aliphatic rings. The average molecular weight is 685 g/mol. The van der Waals surface area contributed by atoms with Crippen molar-refractivity contribution in [3.63, 3.8) is 0 Å². The number of phosphoric acid groups is 1. The van der Waals surface area contributed by atoms with E-state index in [0.717, 1.165) is 19.3 Å². The molecule has 0 saturated heterocycles. The molecular weight excluding hydrogens is 619 g/mol. The first kappa shape index (κ1) is 43.4. The van der Waals surface area contributed by atoms with Gasteiger partial charge in [-0.25, -0.2) is 4.57 Å². The van der Waals surface area contributed by atoms with Gasteiger partial charge in [-0.15, -0.1) is 0 Å². The van der Waals surface area contributed by atoms with Crippen molar-refractivity contribution in [3.05, 3.63) is 0 Å². The molecule has 0 amide bonds. The zero-order valence-corrected chi connectivity index (χ0v) is 29.3. The van der Waals surface area contributed by atoms with Gasteiger partial charge in [-0.3, -0.25) is 13.8 Å². The van der Waals surface area contributed by atoms with Gasteiger partial charge in [0.25, 0.3) is 0 Å². The van der Waals surface area contributed by atoms with Gasteiger partial charge in [0.15, 0.2) is 0 Å². The Kier molecular flexibility index (Phi) is 24.7. The monoisotopic (exact) mass is 684 g/mol. The first-order valence-corrected chi connectivity index (χ1v) is 19.3. The van der Waals surface area contributed by atoms with Crippen molar-refractivity contribution in [2.45, 2.75) is 185 Å². The van der Waals surface area contributed by atoms with Crippen LogP contribution in [-0.2, 0) is 27.9 Å². The minimum atomic E-state index is -4.96. The molecule has 46 heavy (non-hydrogen) atoms. The summed E-state index contributed by atoms with van der Waals surface area (Å²) in [5.41, 5.74) is 0. The Labute approximate surface area is 276 Å². The topological polar surface area (TPSA) is 192 Å². The van der Waals surface area contributed by atoms with Crippen molar-refractivity contribution in [1.82, 2.24) is 0 Å². The van der Waals surface area contributed by atoms with Crippen LogP contribution in [0.4, 0.5) is 0 Å². The lowest BCUT2D eigenvalue weighted by atomic mass is 9.85. The zero-order valence-electron chi connectivity index (χ0n) is 28.4. The van der Waals surface area contributed by atoms with E-state index in [9.17, 15) is 39.8 Å². The van der Waals surface area contributed by atoms with E-state index in [0.29, 0.717) is 6.61 Å². The van der Waals surface area contributed by atoms with Crippen LogP contribution in [0.2, 0.25) is 0 Å². The van der Waals surface area contributed by atoms with Crippen molar-refractivity contribution in [2.75, 3.05) is 19.8 Å². The van der Waals surface area contributed by atoms with Gasteiger partial charge in [-0.2, -0.15) is 0 Å². The van der Waals surface area contributed by atoms with E-state index in [1.165, 1.54) is 116 Å². The van der Waals surface area contributed by atoms with Gasteiger partial charge < -0.3 is 39.9 Å². The van der Waals surface area contributed by atoms with E-state index in [2.05, 4.69) is 6.92 Å². The Balaban J connectivity index is 2.07. The molecule has 1 saturated carbocycles. The van der Waals surface area contributed by atoms with Crippen molar-refractivity contribution < 1.29 is 58.3 Å². The van der Waals surface area contributed by atoms with E-state index in [1.807, 2.05) is 0 Å². The van der Waals surface area contributed by atoms with Crippen LogP contribution in [-0.4, -0.2) is 98.9 Å². The van der Waals surface area contributed by atoms with Crippen LogP contribution in [0.1, 0.15) is 142 Å². The SMILES string of the molecule is CCCCCCCCCCCCCCCCCCCCCCOC[C@H](COP(=O)(O)OC1C(O)C(O)C(O)[C@@H](O)C1O)OC(C)=O. The highest BCUT2D eigenvalue weighted by atomic mass is 31.2. The van der Waals surface area contributed by atoms with E-state index in [4.69, 9.17) is 18.5 Å². The fourth-order valence-electron chi connectivity index (χ4n) is 5.71. The summed E-state index contributed by atoms with van der Waals surface area (Å²) < 4.78 is 32.7. The summed E-state index contributed by atoms with van der Waals surface area (Å²) in [6.45, 7) is 3.18. The summed E-state index contributed by atoms with van der Waals surface area (Å²) >= 11 is 0. The number of ether oxygens (including phenoxy) is 2. The average Bonchev–Trinajstić information content (AvgIpc) is 3.02.